The molecule has 7 heteroatoms. The van der Waals surface area contributed by atoms with Gasteiger partial charge in [0.2, 0.25) is 0 Å². The molecule has 2 saturated heterocycles. The molecule has 2 aliphatic heterocycles. The van der Waals surface area contributed by atoms with Gasteiger partial charge in [-0.3, -0.25) is 0 Å². The molecule has 2 atom stereocenters. The van der Waals surface area contributed by atoms with E-state index in [1.807, 2.05) is 13.8 Å². The molecule has 112 valence electrons. The predicted octanol–water partition coefficient (Wildman–Crippen LogP) is 0.0590. The Morgan fingerprint density at radius 2 is 2.05 bits per heavy atom. The number of nitrogens with zero attached hydrogens (tertiary/aromatic N) is 1. The summed E-state index contributed by atoms with van der Waals surface area (Å²) in [6.45, 7) is 6.19. The van der Waals surface area contributed by atoms with Crippen molar-refractivity contribution in [1.82, 2.24) is 9.03 Å². The number of nitrogens with one attached hydrogen (secondary N) is 1. The second-order valence-electron chi connectivity index (χ2n) is 5.87. The first-order chi connectivity index (χ1) is 8.87. The zero-order valence-electron chi connectivity index (χ0n) is 11.8. The quantitative estimate of drug-likeness (QED) is 0.767. The van der Waals surface area contributed by atoms with Gasteiger partial charge in [-0.2, -0.15) is 17.4 Å². The number of piperidine rings is 1. The molecule has 19 heavy (non-hydrogen) atoms. The van der Waals surface area contributed by atoms with E-state index in [2.05, 4.69) is 4.72 Å². The van der Waals surface area contributed by atoms with Crippen LogP contribution in [0.4, 0.5) is 0 Å². The normalized spacial score (nSPS) is 34.8. The van der Waals surface area contributed by atoms with Crippen molar-refractivity contribution in [3.8, 4) is 0 Å². The Morgan fingerprint density at radius 1 is 1.42 bits per heavy atom. The molecule has 2 fully saturated rings. The Morgan fingerprint density at radius 3 is 2.53 bits per heavy atom. The van der Waals surface area contributed by atoms with Crippen LogP contribution in [0, 0.1) is 5.92 Å². The van der Waals surface area contributed by atoms with Gasteiger partial charge in [0, 0.05) is 19.7 Å². The molecule has 0 saturated carbocycles. The van der Waals surface area contributed by atoms with Crippen molar-refractivity contribution in [3.05, 3.63) is 0 Å². The van der Waals surface area contributed by atoms with Crippen molar-refractivity contribution in [3.63, 3.8) is 0 Å². The monoisotopic (exact) mass is 291 g/mol. The van der Waals surface area contributed by atoms with E-state index in [0.29, 0.717) is 38.6 Å². The van der Waals surface area contributed by atoms with Gasteiger partial charge in [0.15, 0.2) is 0 Å². The van der Waals surface area contributed by atoms with E-state index in [1.54, 1.807) is 0 Å². The van der Waals surface area contributed by atoms with Gasteiger partial charge in [0.25, 0.3) is 10.2 Å². The molecule has 0 aliphatic carbocycles. The summed E-state index contributed by atoms with van der Waals surface area (Å²) < 4.78 is 34.7. The maximum atomic E-state index is 12.4. The van der Waals surface area contributed by atoms with E-state index in [-0.39, 0.29) is 6.10 Å². The van der Waals surface area contributed by atoms with Crippen LogP contribution in [-0.2, 0) is 14.9 Å². The minimum Gasteiger partial charge on any atom is -0.376 e. The average molecular weight is 291 g/mol. The summed E-state index contributed by atoms with van der Waals surface area (Å²) in [5.74, 6) is 0.454. The van der Waals surface area contributed by atoms with Crippen LogP contribution in [0.1, 0.15) is 33.1 Å². The highest BCUT2D eigenvalue weighted by Crippen LogP contribution is 2.27. The summed E-state index contributed by atoms with van der Waals surface area (Å²) >= 11 is 0. The molecular formula is C12H25N3O3S. The first kappa shape index (κ1) is 15.2. The minimum absolute atomic E-state index is 0.0937. The van der Waals surface area contributed by atoms with Crippen LogP contribution in [0.25, 0.3) is 0 Å². The van der Waals surface area contributed by atoms with Crippen LogP contribution >= 0.6 is 0 Å². The molecule has 0 spiro atoms. The van der Waals surface area contributed by atoms with Crippen LogP contribution in [0.5, 0.6) is 0 Å². The maximum Gasteiger partial charge on any atom is 0.280 e. The number of hydrogen-bond acceptors (Lipinski definition) is 4. The summed E-state index contributed by atoms with van der Waals surface area (Å²) in [6.07, 6.45) is 2.32. The van der Waals surface area contributed by atoms with E-state index >= 15 is 0 Å². The molecule has 0 aromatic rings. The van der Waals surface area contributed by atoms with Crippen molar-refractivity contribution in [2.75, 3.05) is 26.2 Å². The fraction of sp³-hybridized carbons (Fsp3) is 1.00. The molecule has 3 N–H and O–H groups in total. The van der Waals surface area contributed by atoms with E-state index in [9.17, 15) is 8.42 Å². The Hall–Kier alpha value is -0.210. The lowest BCUT2D eigenvalue weighted by atomic mass is 9.97. The maximum absolute atomic E-state index is 12.4. The zero-order valence-corrected chi connectivity index (χ0v) is 12.6. The van der Waals surface area contributed by atoms with E-state index < -0.39 is 15.7 Å². The first-order valence-corrected chi connectivity index (χ1v) is 8.42. The molecule has 0 aromatic heterocycles. The SMILES string of the molecule is CC1OCCC1(C)NS(=O)(=O)N1CCC(CN)CC1. The summed E-state index contributed by atoms with van der Waals surface area (Å²) in [5, 5.41) is 0. The van der Waals surface area contributed by atoms with Gasteiger partial charge in [-0.25, -0.2) is 0 Å². The van der Waals surface area contributed by atoms with Crippen molar-refractivity contribution >= 4 is 10.2 Å². The highest BCUT2D eigenvalue weighted by Gasteiger charge is 2.42. The molecule has 2 aliphatic rings. The summed E-state index contributed by atoms with van der Waals surface area (Å²) in [4.78, 5) is 0. The van der Waals surface area contributed by atoms with Crippen molar-refractivity contribution in [2.24, 2.45) is 11.7 Å². The smallest absolute Gasteiger partial charge is 0.280 e. The van der Waals surface area contributed by atoms with Gasteiger partial charge in [-0.05, 0) is 45.6 Å². The van der Waals surface area contributed by atoms with Crippen LogP contribution in [-0.4, -0.2) is 50.6 Å². The Labute approximate surface area is 115 Å². The second kappa shape index (κ2) is 5.65. The molecule has 2 unspecified atom stereocenters. The molecular weight excluding hydrogens is 266 g/mol. The van der Waals surface area contributed by atoms with Crippen molar-refractivity contribution < 1.29 is 13.2 Å². The lowest BCUT2D eigenvalue weighted by Gasteiger charge is -2.35. The largest absolute Gasteiger partial charge is 0.376 e. The molecule has 2 heterocycles. The predicted molar refractivity (Wildman–Crippen MR) is 73.8 cm³/mol. The van der Waals surface area contributed by atoms with Gasteiger partial charge in [-0.15, -0.1) is 0 Å². The minimum atomic E-state index is -3.43. The lowest BCUT2D eigenvalue weighted by molar-refractivity contribution is 0.0949. The standard InChI is InChI=1S/C12H25N3O3S/c1-10-12(2,5-8-18-10)14-19(16,17)15-6-3-11(9-13)4-7-15/h10-11,14H,3-9,13H2,1-2H3. The first-order valence-electron chi connectivity index (χ1n) is 6.98. The Kier molecular flexibility index (Phi) is 4.52. The van der Waals surface area contributed by atoms with Gasteiger partial charge >= 0.3 is 0 Å². The Bertz CT molecular complexity index is 406. The van der Waals surface area contributed by atoms with Gasteiger partial charge in [-0.1, -0.05) is 0 Å². The van der Waals surface area contributed by atoms with Crippen molar-refractivity contribution in [2.45, 2.75) is 44.8 Å². The van der Waals surface area contributed by atoms with E-state index in [4.69, 9.17) is 10.5 Å². The molecule has 2 rings (SSSR count). The fourth-order valence-electron chi connectivity index (χ4n) is 2.71. The topological polar surface area (TPSA) is 84.7 Å². The third-order valence-corrected chi connectivity index (χ3v) is 6.26. The average Bonchev–Trinajstić information content (AvgIpc) is 2.68. The summed E-state index contributed by atoms with van der Waals surface area (Å²) in [5.41, 5.74) is 5.13. The van der Waals surface area contributed by atoms with Crippen LogP contribution < -0.4 is 10.5 Å². The molecule has 0 aromatic carbocycles. The molecule has 0 bridgehead atoms. The lowest BCUT2D eigenvalue weighted by Crippen LogP contribution is -2.56. The van der Waals surface area contributed by atoms with Gasteiger partial charge < -0.3 is 10.5 Å². The third kappa shape index (κ3) is 3.28. The second-order valence-corrected chi connectivity index (χ2v) is 7.54. The van der Waals surface area contributed by atoms with E-state index in [1.165, 1.54) is 4.31 Å². The molecule has 0 amide bonds. The molecule has 6 nitrogen and oxygen atoms in total. The summed E-state index contributed by atoms with van der Waals surface area (Å²) in [6, 6.07) is 0. The number of ether oxygens (including phenoxy) is 1. The van der Waals surface area contributed by atoms with Crippen molar-refractivity contribution in [1.29, 1.82) is 0 Å². The highest BCUT2D eigenvalue weighted by atomic mass is 32.2. The van der Waals surface area contributed by atoms with Crippen LogP contribution in [0.2, 0.25) is 0 Å². The van der Waals surface area contributed by atoms with Crippen LogP contribution in [0.3, 0.4) is 0 Å². The van der Waals surface area contributed by atoms with E-state index in [0.717, 1.165) is 12.8 Å². The number of hydrogen-bond donors (Lipinski definition) is 2. The van der Waals surface area contributed by atoms with Gasteiger partial charge in [0.1, 0.15) is 0 Å². The highest BCUT2D eigenvalue weighted by molar-refractivity contribution is 7.87. The third-order valence-electron chi connectivity index (χ3n) is 4.50. The fourth-order valence-corrected chi connectivity index (χ4v) is 4.39. The molecule has 0 radical (unpaired) electrons. The summed E-state index contributed by atoms with van der Waals surface area (Å²) in [7, 11) is -3.43. The Balaban J connectivity index is 1.99. The zero-order chi connectivity index (χ0) is 14.1. The number of rotatable bonds is 4. The van der Waals surface area contributed by atoms with Crippen LogP contribution in [0.15, 0.2) is 0 Å². The van der Waals surface area contributed by atoms with Gasteiger partial charge in [0.05, 0.1) is 11.6 Å². The number of nitrogens with two attached hydrogens (primary N) is 1.